The Balaban J connectivity index is 2.65. The minimum atomic E-state index is -0.0344. The fourth-order valence-corrected chi connectivity index (χ4v) is 2.09. The first-order valence-electron chi connectivity index (χ1n) is 5.98. The van der Waals surface area contributed by atoms with Crippen LogP contribution in [-0.2, 0) is 12.0 Å². The fraction of sp³-hybridized carbons (Fsp3) is 0.538. The van der Waals surface area contributed by atoms with Gasteiger partial charge in [-0.2, -0.15) is 0 Å². The largest absolute Gasteiger partial charge is 0.328 e. The first kappa shape index (κ1) is 12.0. The van der Waals surface area contributed by atoms with Gasteiger partial charge < -0.3 is 10.3 Å². The monoisotopic (exact) mass is 232 g/mol. The van der Waals surface area contributed by atoms with Crippen molar-refractivity contribution in [3.8, 4) is 0 Å². The Morgan fingerprint density at radius 3 is 2.71 bits per heavy atom. The van der Waals surface area contributed by atoms with Crippen molar-refractivity contribution in [2.24, 2.45) is 5.73 Å². The molecule has 1 unspecified atom stereocenters. The van der Waals surface area contributed by atoms with Gasteiger partial charge in [-0.1, -0.05) is 0 Å². The van der Waals surface area contributed by atoms with E-state index in [9.17, 15) is 0 Å². The molecule has 4 heteroatoms. The van der Waals surface area contributed by atoms with E-state index >= 15 is 0 Å². The zero-order valence-corrected chi connectivity index (χ0v) is 10.9. The quantitative estimate of drug-likeness (QED) is 0.862. The zero-order valence-electron chi connectivity index (χ0n) is 10.9. The number of hydrogen-bond acceptors (Lipinski definition) is 3. The number of fused-ring (bicyclic) bond motifs is 1. The maximum absolute atomic E-state index is 5.88. The molecule has 2 N–H and O–H groups in total. The normalized spacial score (nSPS) is 14.2. The van der Waals surface area contributed by atoms with E-state index in [1.54, 1.807) is 0 Å². The highest BCUT2D eigenvalue weighted by atomic mass is 15.2. The van der Waals surface area contributed by atoms with Crippen LogP contribution in [-0.4, -0.2) is 20.6 Å². The van der Waals surface area contributed by atoms with Crippen molar-refractivity contribution >= 4 is 11.2 Å². The molecule has 2 rings (SSSR count). The molecule has 2 heterocycles. The number of aromatic nitrogens is 3. The molecule has 0 radical (unpaired) electrons. The van der Waals surface area contributed by atoms with Gasteiger partial charge in [-0.25, -0.2) is 9.97 Å². The number of rotatable bonds is 2. The number of nitrogens with two attached hydrogens (primary N) is 1. The summed E-state index contributed by atoms with van der Waals surface area (Å²) in [7, 11) is 0. The third-order valence-electron chi connectivity index (χ3n) is 2.66. The summed E-state index contributed by atoms with van der Waals surface area (Å²) in [6, 6.07) is 4.01. The van der Waals surface area contributed by atoms with Crippen LogP contribution in [0, 0.1) is 0 Å². The number of pyridine rings is 1. The third-order valence-corrected chi connectivity index (χ3v) is 2.66. The van der Waals surface area contributed by atoms with Crippen molar-refractivity contribution in [1.29, 1.82) is 0 Å². The summed E-state index contributed by atoms with van der Waals surface area (Å²) in [5, 5.41) is 0. The first-order valence-corrected chi connectivity index (χ1v) is 5.98. The van der Waals surface area contributed by atoms with Crippen molar-refractivity contribution in [2.75, 3.05) is 0 Å². The summed E-state index contributed by atoms with van der Waals surface area (Å²) >= 11 is 0. The molecular formula is C13H20N4. The fourth-order valence-electron chi connectivity index (χ4n) is 2.09. The average Bonchev–Trinajstić information content (AvgIpc) is 2.53. The maximum atomic E-state index is 5.88. The van der Waals surface area contributed by atoms with Crippen LogP contribution in [0.25, 0.3) is 11.2 Å². The predicted molar refractivity (Wildman–Crippen MR) is 69.9 cm³/mol. The molecular weight excluding hydrogens is 212 g/mol. The molecule has 0 fully saturated rings. The number of imidazole rings is 1. The summed E-state index contributed by atoms with van der Waals surface area (Å²) in [5.41, 5.74) is 7.73. The molecule has 4 nitrogen and oxygen atoms in total. The highest BCUT2D eigenvalue weighted by molar-refractivity contribution is 5.71. The maximum Gasteiger partial charge on any atom is 0.160 e. The first-order chi connectivity index (χ1) is 7.89. The standard InChI is InChI=1S/C13H20N4/c1-9(14)8-11-16-10-6-5-7-15-12(10)17(11)13(2,3)4/h5-7,9H,8,14H2,1-4H3. The summed E-state index contributed by atoms with van der Waals surface area (Å²) in [5.74, 6) is 1.02. The van der Waals surface area contributed by atoms with Crippen LogP contribution in [0.1, 0.15) is 33.5 Å². The highest BCUT2D eigenvalue weighted by Crippen LogP contribution is 2.24. The predicted octanol–water partition coefficient (Wildman–Crippen LogP) is 2.08. The average molecular weight is 232 g/mol. The van der Waals surface area contributed by atoms with Crippen molar-refractivity contribution in [3.05, 3.63) is 24.2 Å². The molecule has 0 saturated carbocycles. The topological polar surface area (TPSA) is 56.7 Å². The van der Waals surface area contributed by atoms with Gasteiger partial charge in [0.25, 0.3) is 0 Å². The smallest absolute Gasteiger partial charge is 0.160 e. The van der Waals surface area contributed by atoms with E-state index in [1.165, 1.54) is 0 Å². The van der Waals surface area contributed by atoms with Gasteiger partial charge in [-0.15, -0.1) is 0 Å². The van der Waals surface area contributed by atoms with Crippen molar-refractivity contribution < 1.29 is 0 Å². The van der Waals surface area contributed by atoms with E-state index < -0.39 is 0 Å². The van der Waals surface area contributed by atoms with Gasteiger partial charge in [0.1, 0.15) is 11.3 Å². The lowest BCUT2D eigenvalue weighted by atomic mass is 10.1. The Kier molecular flexibility index (Phi) is 2.91. The van der Waals surface area contributed by atoms with E-state index in [2.05, 4.69) is 35.3 Å². The lowest BCUT2D eigenvalue weighted by Gasteiger charge is -2.24. The SMILES string of the molecule is CC(N)Cc1nc2cccnc2n1C(C)(C)C. The molecule has 0 saturated heterocycles. The molecule has 2 aromatic heterocycles. The molecule has 92 valence electrons. The third kappa shape index (κ3) is 2.31. The number of hydrogen-bond donors (Lipinski definition) is 1. The molecule has 2 aromatic rings. The second kappa shape index (κ2) is 4.11. The Hall–Kier alpha value is -1.42. The Morgan fingerprint density at radius 2 is 2.12 bits per heavy atom. The van der Waals surface area contributed by atoms with Crippen LogP contribution in [0.4, 0.5) is 0 Å². The molecule has 0 aromatic carbocycles. The Bertz CT molecular complexity index is 520. The van der Waals surface area contributed by atoms with Gasteiger partial charge in [0, 0.05) is 24.2 Å². The number of nitrogens with zero attached hydrogens (tertiary/aromatic N) is 3. The molecule has 0 aliphatic carbocycles. The van der Waals surface area contributed by atoms with Crippen LogP contribution in [0.3, 0.4) is 0 Å². The van der Waals surface area contributed by atoms with E-state index in [0.29, 0.717) is 0 Å². The Morgan fingerprint density at radius 1 is 1.41 bits per heavy atom. The molecule has 0 spiro atoms. The Labute approximate surface area is 102 Å². The lowest BCUT2D eigenvalue weighted by molar-refractivity contribution is 0.388. The summed E-state index contributed by atoms with van der Waals surface area (Å²) in [4.78, 5) is 9.07. The molecule has 0 bridgehead atoms. The van der Waals surface area contributed by atoms with Gasteiger partial charge in [-0.05, 0) is 39.8 Å². The molecule has 0 amide bonds. The zero-order chi connectivity index (χ0) is 12.6. The van der Waals surface area contributed by atoms with Gasteiger partial charge in [0.2, 0.25) is 0 Å². The minimum absolute atomic E-state index is 0.0344. The van der Waals surface area contributed by atoms with Gasteiger partial charge in [0.15, 0.2) is 5.65 Å². The van der Waals surface area contributed by atoms with E-state index in [0.717, 1.165) is 23.4 Å². The van der Waals surface area contributed by atoms with E-state index in [4.69, 9.17) is 5.73 Å². The highest BCUT2D eigenvalue weighted by Gasteiger charge is 2.22. The molecule has 0 aliphatic rings. The molecule has 0 aliphatic heterocycles. The van der Waals surface area contributed by atoms with Crippen LogP contribution >= 0.6 is 0 Å². The summed E-state index contributed by atoms with van der Waals surface area (Å²) < 4.78 is 2.19. The second-order valence-corrected chi connectivity index (χ2v) is 5.56. The van der Waals surface area contributed by atoms with Crippen LogP contribution in [0.15, 0.2) is 18.3 Å². The van der Waals surface area contributed by atoms with Crippen LogP contribution in [0.5, 0.6) is 0 Å². The van der Waals surface area contributed by atoms with Gasteiger partial charge in [-0.3, -0.25) is 0 Å². The van der Waals surface area contributed by atoms with Gasteiger partial charge >= 0.3 is 0 Å². The summed E-state index contributed by atoms with van der Waals surface area (Å²) in [6.07, 6.45) is 2.58. The summed E-state index contributed by atoms with van der Waals surface area (Å²) in [6.45, 7) is 8.48. The lowest BCUT2D eigenvalue weighted by Crippen LogP contribution is -2.28. The van der Waals surface area contributed by atoms with Crippen LogP contribution in [0.2, 0.25) is 0 Å². The van der Waals surface area contributed by atoms with E-state index in [-0.39, 0.29) is 11.6 Å². The van der Waals surface area contributed by atoms with Crippen molar-refractivity contribution in [2.45, 2.75) is 45.7 Å². The van der Waals surface area contributed by atoms with Crippen molar-refractivity contribution in [1.82, 2.24) is 14.5 Å². The van der Waals surface area contributed by atoms with Gasteiger partial charge in [0.05, 0.1) is 0 Å². The molecule has 17 heavy (non-hydrogen) atoms. The molecule has 1 atom stereocenters. The van der Waals surface area contributed by atoms with E-state index in [1.807, 2.05) is 25.3 Å². The minimum Gasteiger partial charge on any atom is -0.328 e. The van der Waals surface area contributed by atoms with Crippen molar-refractivity contribution in [3.63, 3.8) is 0 Å². The second-order valence-electron chi connectivity index (χ2n) is 5.56. The van der Waals surface area contributed by atoms with Crippen LogP contribution < -0.4 is 5.73 Å².